The molecule has 0 radical (unpaired) electrons. The molecule has 0 fully saturated rings. The van der Waals surface area contributed by atoms with Gasteiger partial charge in [0, 0.05) is 0 Å². The SMILES string of the molecule is [CH2-]CCCCC.[Cl][Zr+2][Cl].[c-]1cccc2c1Cc1ccccc1-2. The molecule has 0 heterocycles. The molecule has 2 aromatic carbocycles. The molecule has 1 aliphatic carbocycles. The number of hydrogen-bond acceptors (Lipinski definition) is 0. The minimum Gasteiger partial charge on any atom is -0.179 e. The molecular weight excluding hydrogens is 390 g/mol. The van der Waals surface area contributed by atoms with Crippen molar-refractivity contribution in [3.8, 4) is 11.1 Å². The summed E-state index contributed by atoms with van der Waals surface area (Å²) in [6.07, 6.45) is 6.12. The summed E-state index contributed by atoms with van der Waals surface area (Å²) >= 11 is -0.826. The molecule has 3 heteroatoms. The Labute approximate surface area is 153 Å². The zero-order chi connectivity index (χ0) is 16.2. The van der Waals surface area contributed by atoms with E-state index in [4.69, 9.17) is 17.0 Å². The van der Waals surface area contributed by atoms with E-state index in [2.05, 4.69) is 56.3 Å². The van der Waals surface area contributed by atoms with E-state index in [-0.39, 0.29) is 0 Å². The summed E-state index contributed by atoms with van der Waals surface area (Å²) in [6.45, 7) is 5.93. The van der Waals surface area contributed by atoms with Crippen molar-refractivity contribution >= 4 is 17.0 Å². The largest absolute Gasteiger partial charge is 0.179 e. The van der Waals surface area contributed by atoms with Crippen LogP contribution >= 0.6 is 17.0 Å². The predicted octanol–water partition coefficient (Wildman–Crippen LogP) is 6.84. The molecule has 3 rings (SSSR count). The van der Waals surface area contributed by atoms with Crippen LogP contribution in [0, 0.1) is 13.0 Å². The Bertz CT molecular complexity index is 493. The van der Waals surface area contributed by atoms with Gasteiger partial charge in [-0.15, -0.1) is 5.56 Å². The van der Waals surface area contributed by atoms with Gasteiger partial charge in [0.25, 0.3) is 0 Å². The third-order valence-electron chi connectivity index (χ3n) is 3.47. The molecule has 0 bridgehead atoms. The van der Waals surface area contributed by atoms with Gasteiger partial charge in [-0.2, -0.15) is 36.2 Å². The van der Waals surface area contributed by atoms with Crippen LogP contribution in [0.5, 0.6) is 0 Å². The van der Waals surface area contributed by atoms with E-state index in [9.17, 15) is 0 Å². The van der Waals surface area contributed by atoms with Gasteiger partial charge in [-0.25, -0.2) is 0 Å². The van der Waals surface area contributed by atoms with Gasteiger partial charge in [-0.3, -0.25) is 0 Å². The second kappa shape index (κ2) is 12.3. The first kappa shape index (κ1) is 19.9. The first-order valence-corrected chi connectivity index (χ1v) is 13.9. The summed E-state index contributed by atoms with van der Waals surface area (Å²) in [5.41, 5.74) is 5.51. The first-order chi connectivity index (χ1) is 10.8. The standard InChI is InChI=1S/C13H9.C6H13.2ClH.Zr/c1-3-7-12-10(5-1)9-11-6-2-4-8-13(11)12;1-3-5-6-4-2;;;/h1-5,7-8H,9H2;1,3-6H2,2H3;2*1H;/q2*-1;;;+4/p-2. The van der Waals surface area contributed by atoms with Gasteiger partial charge >= 0.3 is 37.9 Å². The van der Waals surface area contributed by atoms with Crippen molar-refractivity contribution in [2.24, 2.45) is 0 Å². The molecule has 0 aromatic heterocycles. The number of fused-ring (bicyclic) bond motifs is 3. The summed E-state index contributed by atoms with van der Waals surface area (Å²) in [4.78, 5) is 0. The summed E-state index contributed by atoms with van der Waals surface area (Å²) < 4.78 is 0. The van der Waals surface area contributed by atoms with E-state index in [0.717, 1.165) is 12.8 Å². The van der Waals surface area contributed by atoms with Crippen LogP contribution in [0.3, 0.4) is 0 Å². The maximum Gasteiger partial charge on any atom is -0.0253 e. The quantitative estimate of drug-likeness (QED) is 0.326. The van der Waals surface area contributed by atoms with Crippen LogP contribution in [-0.2, 0) is 27.3 Å². The predicted molar refractivity (Wildman–Crippen MR) is 94.7 cm³/mol. The van der Waals surface area contributed by atoms with Gasteiger partial charge < -0.3 is 6.92 Å². The zero-order valence-corrected chi connectivity index (χ0v) is 17.0. The Morgan fingerprint density at radius 1 is 1.09 bits per heavy atom. The maximum atomic E-state index is 4.93. The molecule has 116 valence electrons. The van der Waals surface area contributed by atoms with Crippen LogP contribution in [0.1, 0.15) is 43.7 Å². The Balaban J connectivity index is 0.000000229. The van der Waals surface area contributed by atoms with Crippen LogP contribution in [0.15, 0.2) is 42.5 Å². The molecule has 0 amide bonds. The fourth-order valence-electron chi connectivity index (χ4n) is 2.42. The number of benzene rings is 2. The summed E-state index contributed by atoms with van der Waals surface area (Å²) in [5.74, 6) is 0. The molecule has 1 aliphatic rings. The van der Waals surface area contributed by atoms with Gasteiger partial charge in [0.1, 0.15) is 0 Å². The summed E-state index contributed by atoms with van der Waals surface area (Å²) in [5, 5.41) is 0. The Hall–Kier alpha value is -0.0969. The topological polar surface area (TPSA) is 0 Å². The number of halogens is 2. The van der Waals surface area contributed by atoms with Gasteiger partial charge in [0.05, 0.1) is 0 Å². The molecule has 2 aromatic rings. The minimum atomic E-state index is -0.826. The average molecular weight is 413 g/mol. The van der Waals surface area contributed by atoms with E-state index in [1.807, 2.05) is 6.07 Å². The number of rotatable bonds is 3. The second-order valence-corrected chi connectivity index (χ2v) is 8.76. The smallest absolute Gasteiger partial charge is 0.0253 e. The molecule has 0 nitrogen and oxygen atoms in total. The molecular formula is C19H22Cl2Zr. The molecule has 0 atom stereocenters. The maximum absolute atomic E-state index is 4.93. The molecule has 0 saturated carbocycles. The van der Waals surface area contributed by atoms with E-state index in [1.54, 1.807) is 0 Å². The average Bonchev–Trinajstić information content (AvgIpc) is 2.93. The monoisotopic (exact) mass is 410 g/mol. The Kier molecular flexibility index (Phi) is 11.2. The third-order valence-corrected chi connectivity index (χ3v) is 3.47. The summed E-state index contributed by atoms with van der Waals surface area (Å²) in [6, 6.07) is 18.1. The van der Waals surface area contributed by atoms with Crippen LogP contribution in [0.25, 0.3) is 11.1 Å². The third kappa shape index (κ3) is 6.57. The normalized spacial score (nSPS) is 10.2. The number of hydrogen-bond donors (Lipinski definition) is 0. The molecule has 0 unspecified atom stereocenters. The van der Waals surface area contributed by atoms with Crippen LogP contribution < -0.4 is 0 Å². The molecule has 0 saturated heterocycles. The molecule has 0 N–H and O–H groups in total. The van der Waals surface area contributed by atoms with E-state index >= 15 is 0 Å². The number of unbranched alkanes of at least 4 members (excludes halogenated alkanes) is 3. The van der Waals surface area contributed by atoms with Crippen molar-refractivity contribution in [2.75, 3.05) is 0 Å². The molecule has 22 heavy (non-hydrogen) atoms. The van der Waals surface area contributed by atoms with Crippen LogP contribution in [0.2, 0.25) is 0 Å². The molecule has 0 aliphatic heterocycles. The van der Waals surface area contributed by atoms with Crippen molar-refractivity contribution in [1.82, 2.24) is 0 Å². The van der Waals surface area contributed by atoms with Crippen LogP contribution in [0.4, 0.5) is 0 Å². The van der Waals surface area contributed by atoms with Crippen molar-refractivity contribution in [1.29, 1.82) is 0 Å². The van der Waals surface area contributed by atoms with Crippen molar-refractivity contribution in [2.45, 2.75) is 39.0 Å². The van der Waals surface area contributed by atoms with E-state index in [1.165, 1.54) is 41.5 Å². The minimum absolute atomic E-state index is 0.826. The fourth-order valence-corrected chi connectivity index (χ4v) is 2.42. The zero-order valence-electron chi connectivity index (χ0n) is 13.0. The Morgan fingerprint density at radius 2 is 1.77 bits per heavy atom. The van der Waals surface area contributed by atoms with Gasteiger partial charge in [-0.05, 0) is 6.42 Å². The Morgan fingerprint density at radius 3 is 2.41 bits per heavy atom. The van der Waals surface area contributed by atoms with Gasteiger partial charge in [0.15, 0.2) is 0 Å². The van der Waals surface area contributed by atoms with Gasteiger partial charge in [0.2, 0.25) is 0 Å². The van der Waals surface area contributed by atoms with Gasteiger partial charge in [-0.1, -0.05) is 61.6 Å². The van der Waals surface area contributed by atoms with Crippen LogP contribution in [-0.4, -0.2) is 0 Å². The fraction of sp³-hybridized carbons (Fsp3) is 0.316. The first-order valence-electron chi connectivity index (χ1n) is 7.61. The van der Waals surface area contributed by atoms with Crippen molar-refractivity contribution in [3.63, 3.8) is 0 Å². The molecule has 0 spiro atoms. The summed E-state index contributed by atoms with van der Waals surface area (Å²) in [7, 11) is 9.87. The van der Waals surface area contributed by atoms with Crippen molar-refractivity contribution in [3.05, 3.63) is 66.6 Å². The van der Waals surface area contributed by atoms with E-state index in [0.29, 0.717) is 0 Å². The van der Waals surface area contributed by atoms with E-state index < -0.39 is 20.8 Å². The second-order valence-electron chi connectivity index (χ2n) is 5.03. The van der Waals surface area contributed by atoms with Crippen molar-refractivity contribution < 1.29 is 20.8 Å².